The van der Waals surface area contributed by atoms with E-state index in [2.05, 4.69) is 16.9 Å². The van der Waals surface area contributed by atoms with Crippen LogP contribution in [0.2, 0.25) is 0 Å². The van der Waals surface area contributed by atoms with Gasteiger partial charge in [0.1, 0.15) is 5.69 Å². The first-order chi connectivity index (χ1) is 8.99. The number of piperidine rings is 1. The molecule has 6 nitrogen and oxygen atoms in total. The third-order valence-corrected chi connectivity index (χ3v) is 3.47. The van der Waals surface area contributed by atoms with E-state index >= 15 is 0 Å². The third-order valence-electron chi connectivity index (χ3n) is 3.47. The minimum atomic E-state index is -1.15. The Morgan fingerprint density at radius 3 is 2.42 bits per heavy atom. The highest BCUT2D eigenvalue weighted by Crippen LogP contribution is 2.22. The number of likely N-dealkylation sites (tertiary alicyclic amines) is 1. The molecule has 2 atom stereocenters. The van der Waals surface area contributed by atoms with E-state index in [0.29, 0.717) is 12.5 Å². The first-order valence-electron chi connectivity index (χ1n) is 6.35. The highest BCUT2D eigenvalue weighted by atomic mass is 16.4. The molecule has 2 rings (SSSR count). The number of aromatic nitrogens is 2. The Morgan fingerprint density at radius 1 is 1.21 bits per heavy atom. The number of rotatable bonds is 2. The molecule has 0 saturated carbocycles. The van der Waals surface area contributed by atoms with Crippen LogP contribution in [0.3, 0.4) is 0 Å². The summed E-state index contributed by atoms with van der Waals surface area (Å²) >= 11 is 0. The van der Waals surface area contributed by atoms with Crippen molar-refractivity contribution in [2.45, 2.75) is 32.7 Å². The van der Waals surface area contributed by atoms with Gasteiger partial charge in [0.25, 0.3) is 5.91 Å². The quantitative estimate of drug-likeness (QED) is 0.872. The van der Waals surface area contributed by atoms with E-state index < -0.39 is 5.97 Å². The Balaban J connectivity index is 2.16. The van der Waals surface area contributed by atoms with Crippen molar-refractivity contribution in [1.82, 2.24) is 14.9 Å². The van der Waals surface area contributed by atoms with Crippen LogP contribution < -0.4 is 0 Å². The van der Waals surface area contributed by atoms with Crippen LogP contribution in [0.5, 0.6) is 0 Å². The first-order valence-corrected chi connectivity index (χ1v) is 6.35. The Hall–Kier alpha value is -1.98. The average Bonchev–Trinajstić information content (AvgIpc) is 2.41. The molecule has 1 N–H and O–H groups in total. The molecule has 1 aliphatic heterocycles. The van der Waals surface area contributed by atoms with Crippen molar-refractivity contribution in [2.75, 3.05) is 6.54 Å². The average molecular weight is 263 g/mol. The van der Waals surface area contributed by atoms with E-state index in [-0.39, 0.29) is 23.3 Å². The van der Waals surface area contributed by atoms with Crippen molar-refractivity contribution < 1.29 is 14.7 Å². The fourth-order valence-corrected chi connectivity index (χ4v) is 2.27. The maximum atomic E-state index is 12.3. The largest absolute Gasteiger partial charge is 0.476 e. The summed E-state index contributed by atoms with van der Waals surface area (Å²) < 4.78 is 0. The number of carboxylic acids is 1. The lowest BCUT2D eigenvalue weighted by atomic mass is 9.95. The van der Waals surface area contributed by atoms with Gasteiger partial charge in [-0.25, -0.2) is 14.8 Å². The van der Waals surface area contributed by atoms with Gasteiger partial charge in [-0.2, -0.15) is 0 Å². The lowest BCUT2D eigenvalue weighted by Crippen LogP contribution is -2.45. The molecule has 1 aromatic rings. The molecule has 1 fully saturated rings. The van der Waals surface area contributed by atoms with Crippen molar-refractivity contribution in [1.29, 1.82) is 0 Å². The van der Waals surface area contributed by atoms with Crippen molar-refractivity contribution >= 4 is 11.9 Å². The fourth-order valence-electron chi connectivity index (χ4n) is 2.27. The molecule has 19 heavy (non-hydrogen) atoms. The second-order valence-corrected chi connectivity index (χ2v) is 5.08. The van der Waals surface area contributed by atoms with Crippen molar-refractivity contribution in [2.24, 2.45) is 5.92 Å². The van der Waals surface area contributed by atoms with E-state index in [4.69, 9.17) is 5.11 Å². The van der Waals surface area contributed by atoms with E-state index in [1.54, 1.807) is 4.90 Å². The van der Waals surface area contributed by atoms with Gasteiger partial charge >= 0.3 is 5.97 Å². The zero-order valence-corrected chi connectivity index (χ0v) is 11.0. The topological polar surface area (TPSA) is 83.4 Å². The second-order valence-electron chi connectivity index (χ2n) is 5.08. The van der Waals surface area contributed by atoms with Crippen molar-refractivity contribution in [3.8, 4) is 0 Å². The van der Waals surface area contributed by atoms with E-state index in [1.165, 1.54) is 6.20 Å². The van der Waals surface area contributed by atoms with Crippen molar-refractivity contribution in [3.05, 3.63) is 23.8 Å². The molecule has 2 unspecified atom stereocenters. The second kappa shape index (κ2) is 5.34. The van der Waals surface area contributed by atoms with Gasteiger partial charge in [-0.05, 0) is 25.7 Å². The molecule has 2 heterocycles. The summed E-state index contributed by atoms with van der Waals surface area (Å²) in [4.78, 5) is 32.4. The van der Waals surface area contributed by atoms with Gasteiger partial charge in [0.05, 0.1) is 12.4 Å². The fraction of sp³-hybridized carbons (Fsp3) is 0.538. The number of hydrogen-bond acceptors (Lipinski definition) is 4. The maximum absolute atomic E-state index is 12.3. The summed E-state index contributed by atoms with van der Waals surface area (Å²) in [6, 6.07) is 0.185. The van der Waals surface area contributed by atoms with Gasteiger partial charge in [-0.3, -0.25) is 4.79 Å². The highest BCUT2D eigenvalue weighted by molar-refractivity contribution is 5.93. The maximum Gasteiger partial charge on any atom is 0.356 e. The molecule has 1 saturated heterocycles. The van der Waals surface area contributed by atoms with Crippen molar-refractivity contribution in [3.63, 3.8) is 0 Å². The summed E-state index contributed by atoms with van der Waals surface area (Å²) in [7, 11) is 0. The summed E-state index contributed by atoms with van der Waals surface area (Å²) in [6.07, 6.45) is 4.45. The summed E-state index contributed by atoms with van der Waals surface area (Å²) in [5.74, 6) is -0.846. The van der Waals surface area contributed by atoms with Gasteiger partial charge in [0.15, 0.2) is 5.69 Å². The van der Waals surface area contributed by atoms with Crippen LogP contribution >= 0.6 is 0 Å². The Morgan fingerprint density at radius 2 is 1.84 bits per heavy atom. The minimum Gasteiger partial charge on any atom is -0.476 e. The zero-order valence-electron chi connectivity index (χ0n) is 11.0. The third kappa shape index (κ3) is 2.89. The van der Waals surface area contributed by atoms with Crippen LogP contribution in [0.4, 0.5) is 0 Å². The molecule has 0 spiro atoms. The number of aromatic carboxylic acids is 1. The van der Waals surface area contributed by atoms with Gasteiger partial charge in [-0.1, -0.05) is 6.92 Å². The molecule has 1 aromatic heterocycles. The smallest absolute Gasteiger partial charge is 0.356 e. The number of hydrogen-bond donors (Lipinski definition) is 1. The van der Waals surface area contributed by atoms with Gasteiger partial charge < -0.3 is 10.0 Å². The molecule has 0 radical (unpaired) electrons. The Labute approximate surface area is 111 Å². The summed E-state index contributed by atoms with van der Waals surface area (Å²) in [6.45, 7) is 4.84. The van der Waals surface area contributed by atoms with Crippen LogP contribution in [-0.2, 0) is 0 Å². The zero-order chi connectivity index (χ0) is 14.0. The molecule has 102 valence electrons. The predicted molar refractivity (Wildman–Crippen MR) is 67.9 cm³/mol. The van der Waals surface area contributed by atoms with Gasteiger partial charge in [0.2, 0.25) is 0 Å². The van der Waals surface area contributed by atoms with Gasteiger partial charge in [0, 0.05) is 12.6 Å². The number of carbonyl (C=O) groups excluding carboxylic acids is 1. The van der Waals surface area contributed by atoms with E-state index in [1.807, 2.05) is 6.92 Å². The van der Waals surface area contributed by atoms with Gasteiger partial charge in [-0.15, -0.1) is 0 Å². The first kappa shape index (κ1) is 13.5. The standard InChI is InChI=1S/C13H17N3O3/c1-8-3-4-9(2)16(7-8)12(17)10-5-15-11(6-14-10)13(18)19/h5-6,8-9H,3-4,7H2,1-2H3,(H,18,19). The number of amides is 1. The molecular formula is C13H17N3O3. The Kier molecular flexibility index (Phi) is 3.78. The van der Waals surface area contributed by atoms with Crippen LogP contribution in [0.1, 0.15) is 47.7 Å². The lowest BCUT2D eigenvalue weighted by molar-refractivity contribution is 0.0565. The molecule has 1 aliphatic rings. The molecule has 0 aliphatic carbocycles. The predicted octanol–water partition coefficient (Wildman–Crippen LogP) is 1.44. The molecule has 0 aromatic carbocycles. The van der Waals surface area contributed by atoms with Crippen LogP contribution in [0.15, 0.2) is 12.4 Å². The van der Waals surface area contributed by atoms with Crippen LogP contribution in [-0.4, -0.2) is 44.4 Å². The molecular weight excluding hydrogens is 246 g/mol. The van der Waals surface area contributed by atoms with E-state index in [0.717, 1.165) is 19.0 Å². The normalized spacial score (nSPS) is 23.2. The number of carboxylic acid groups (broad SMARTS) is 1. The van der Waals surface area contributed by atoms with Crippen LogP contribution in [0, 0.1) is 5.92 Å². The molecule has 1 amide bonds. The van der Waals surface area contributed by atoms with Crippen LogP contribution in [0.25, 0.3) is 0 Å². The molecule has 6 heteroatoms. The van der Waals surface area contributed by atoms with E-state index in [9.17, 15) is 9.59 Å². The molecule has 0 bridgehead atoms. The lowest BCUT2D eigenvalue weighted by Gasteiger charge is -2.36. The minimum absolute atomic E-state index is 0.156. The number of nitrogens with zero attached hydrogens (tertiary/aromatic N) is 3. The number of carbonyl (C=O) groups is 2. The Bertz CT molecular complexity index is 486. The highest BCUT2D eigenvalue weighted by Gasteiger charge is 2.28. The summed E-state index contributed by atoms with van der Waals surface area (Å²) in [5, 5.41) is 8.74. The SMILES string of the molecule is CC1CCC(C)N(C(=O)c2cnc(C(=O)O)cn2)C1. The summed E-state index contributed by atoms with van der Waals surface area (Å²) in [5.41, 5.74) is 0.0440. The monoisotopic (exact) mass is 263 g/mol.